The number of ether oxygens (including phenoxy) is 1. The number of rotatable bonds is 4. The van der Waals surface area contributed by atoms with Crippen LogP contribution in [-0.2, 0) is 6.61 Å². The number of nitrogens with zero attached hydrogens (tertiary/aromatic N) is 1. The van der Waals surface area contributed by atoms with Crippen LogP contribution in [0.3, 0.4) is 0 Å². The highest BCUT2D eigenvalue weighted by Crippen LogP contribution is 2.34. The number of benzene rings is 1. The van der Waals surface area contributed by atoms with Crippen molar-refractivity contribution in [2.75, 3.05) is 0 Å². The van der Waals surface area contributed by atoms with E-state index in [4.69, 9.17) is 33.0 Å². The fourth-order valence-electron chi connectivity index (χ4n) is 1.46. The summed E-state index contributed by atoms with van der Waals surface area (Å²) < 4.78 is 6.21. The molecule has 0 aliphatic carbocycles. The van der Waals surface area contributed by atoms with Gasteiger partial charge in [-0.15, -0.1) is 0 Å². The van der Waals surface area contributed by atoms with Crippen molar-refractivity contribution >= 4 is 45.1 Å². The topological polar surface area (TPSA) is 59.4 Å². The van der Waals surface area contributed by atoms with Crippen LogP contribution in [0.25, 0.3) is 0 Å². The number of carbonyl (C=O) groups is 1. The van der Waals surface area contributed by atoms with Gasteiger partial charge in [0.15, 0.2) is 0 Å². The Kier molecular flexibility index (Phi) is 4.86. The minimum atomic E-state index is -1.09. The zero-order valence-electron chi connectivity index (χ0n) is 9.94. The number of carboxylic acid groups (broad SMARTS) is 1. The first-order valence-corrected chi connectivity index (χ1v) is 6.98. The van der Waals surface area contributed by atoms with E-state index < -0.39 is 5.97 Å². The molecule has 0 unspecified atom stereocenters. The molecule has 1 N–H and O–H groups in total. The van der Waals surface area contributed by atoms with Gasteiger partial charge in [-0.3, -0.25) is 0 Å². The largest absolute Gasteiger partial charge is 0.487 e. The van der Waals surface area contributed by atoms with Gasteiger partial charge in [-0.05, 0) is 39.7 Å². The number of carboxylic acids is 1. The lowest BCUT2D eigenvalue weighted by molar-refractivity contribution is 0.0690. The van der Waals surface area contributed by atoms with E-state index in [1.807, 2.05) is 0 Å². The quantitative estimate of drug-likeness (QED) is 0.802. The molecule has 2 aromatic rings. The van der Waals surface area contributed by atoms with Crippen molar-refractivity contribution in [1.82, 2.24) is 4.98 Å². The zero-order valence-corrected chi connectivity index (χ0v) is 13.0. The number of aromatic nitrogens is 1. The molecule has 1 aromatic carbocycles. The highest BCUT2D eigenvalue weighted by Gasteiger charge is 2.09. The number of pyridine rings is 1. The zero-order chi connectivity index (χ0) is 14.7. The summed E-state index contributed by atoms with van der Waals surface area (Å²) in [6.45, 7) is 0.167. The van der Waals surface area contributed by atoms with Crippen LogP contribution in [0.4, 0.5) is 0 Å². The molecule has 1 aromatic heterocycles. The van der Waals surface area contributed by atoms with E-state index in [0.29, 0.717) is 25.8 Å². The van der Waals surface area contributed by atoms with Gasteiger partial charge in [-0.1, -0.05) is 23.2 Å². The molecule has 0 atom stereocenters. The molecule has 2 rings (SSSR count). The molecule has 0 spiro atoms. The summed E-state index contributed by atoms with van der Waals surface area (Å²) in [4.78, 5) is 14.5. The lowest BCUT2D eigenvalue weighted by Crippen LogP contribution is -2.03. The lowest BCUT2D eigenvalue weighted by atomic mass is 10.2. The molecule has 0 bridgehead atoms. The molecule has 1 heterocycles. The molecule has 4 nitrogen and oxygen atoms in total. The van der Waals surface area contributed by atoms with Gasteiger partial charge in [0.1, 0.15) is 18.1 Å². The van der Waals surface area contributed by atoms with Crippen LogP contribution < -0.4 is 4.74 Å². The van der Waals surface area contributed by atoms with Gasteiger partial charge in [-0.2, -0.15) is 0 Å². The predicted octanol–water partition coefficient (Wildman–Crippen LogP) is 4.43. The number of hydrogen-bond acceptors (Lipinski definition) is 3. The fraction of sp³-hybridized carbons (Fsp3) is 0.0769. The Hall–Kier alpha value is -1.30. The van der Waals surface area contributed by atoms with E-state index in [2.05, 4.69) is 20.9 Å². The minimum Gasteiger partial charge on any atom is -0.487 e. The fourth-order valence-corrected chi connectivity index (χ4v) is 2.30. The summed E-state index contributed by atoms with van der Waals surface area (Å²) >= 11 is 15.2. The van der Waals surface area contributed by atoms with Gasteiger partial charge in [0.25, 0.3) is 0 Å². The summed E-state index contributed by atoms with van der Waals surface area (Å²) in [6.07, 6.45) is 1.41. The average molecular weight is 377 g/mol. The summed E-state index contributed by atoms with van der Waals surface area (Å²) in [5, 5.41) is 9.75. The van der Waals surface area contributed by atoms with Gasteiger partial charge in [0.2, 0.25) is 0 Å². The smallest absolute Gasteiger partial charge is 0.354 e. The maximum Gasteiger partial charge on any atom is 0.354 e. The molecule has 0 fully saturated rings. The van der Waals surface area contributed by atoms with Crippen LogP contribution in [0, 0.1) is 0 Å². The van der Waals surface area contributed by atoms with E-state index in [1.165, 1.54) is 12.3 Å². The average Bonchev–Trinajstić information content (AvgIpc) is 2.41. The van der Waals surface area contributed by atoms with Gasteiger partial charge in [-0.25, -0.2) is 9.78 Å². The molecule has 104 valence electrons. The van der Waals surface area contributed by atoms with E-state index >= 15 is 0 Å². The molecule has 0 aliphatic rings. The minimum absolute atomic E-state index is 0.0361. The van der Waals surface area contributed by atoms with Crippen molar-refractivity contribution < 1.29 is 14.6 Å². The Bertz CT molecular complexity index is 664. The third-order valence-corrected chi connectivity index (χ3v) is 3.91. The number of halogens is 3. The lowest BCUT2D eigenvalue weighted by Gasteiger charge is -2.09. The van der Waals surface area contributed by atoms with Crippen molar-refractivity contribution in [1.29, 1.82) is 0 Å². The monoisotopic (exact) mass is 375 g/mol. The van der Waals surface area contributed by atoms with Gasteiger partial charge >= 0.3 is 5.97 Å². The Balaban J connectivity index is 2.15. The Labute approximate surface area is 133 Å². The Morgan fingerprint density at radius 1 is 1.30 bits per heavy atom. The third kappa shape index (κ3) is 3.62. The molecule has 0 saturated carbocycles. The first kappa shape index (κ1) is 15.1. The van der Waals surface area contributed by atoms with E-state index in [0.717, 1.165) is 0 Å². The standard InChI is InChI=1S/C13H8BrCl2NO3/c14-8-4-10(16)12(5-9(8)15)20-6-7-1-2-17-11(3-7)13(18)19/h1-5H,6H2,(H,18,19). The van der Waals surface area contributed by atoms with Crippen molar-refractivity contribution in [3.63, 3.8) is 0 Å². The van der Waals surface area contributed by atoms with Crippen molar-refractivity contribution in [2.24, 2.45) is 0 Å². The Morgan fingerprint density at radius 3 is 2.75 bits per heavy atom. The second-order valence-electron chi connectivity index (χ2n) is 3.84. The molecular weight excluding hydrogens is 369 g/mol. The predicted molar refractivity (Wildman–Crippen MR) is 79.7 cm³/mol. The molecule has 0 radical (unpaired) electrons. The molecular formula is C13H8BrCl2NO3. The van der Waals surface area contributed by atoms with Crippen LogP contribution in [0.1, 0.15) is 16.1 Å². The van der Waals surface area contributed by atoms with E-state index in [9.17, 15) is 4.79 Å². The summed E-state index contributed by atoms with van der Waals surface area (Å²) in [5.41, 5.74) is 0.638. The number of hydrogen-bond donors (Lipinski definition) is 1. The van der Waals surface area contributed by atoms with Crippen LogP contribution in [0.2, 0.25) is 10.0 Å². The molecule has 0 saturated heterocycles. The van der Waals surface area contributed by atoms with Gasteiger partial charge < -0.3 is 9.84 Å². The maximum absolute atomic E-state index is 10.8. The maximum atomic E-state index is 10.8. The van der Waals surface area contributed by atoms with Crippen LogP contribution in [0.15, 0.2) is 34.9 Å². The molecule has 7 heteroatoms. The van der Waals surface area contributed by atoms with Crippen LogP contribution in [-0.4, -0.2) is 16.1 Å². The van der Waals surface area contributed by atoms with E-state index in [1.54, 1.807) is 18.2 Å². The molecule has 20 heavy (non-hydrogen) atoms. The second kappa shape index (κ2) is 6.43. The normalized spacial score (nSPS) is 10.3. The summed E-state index contributed by atoms with van der Waals surface area (Å²) in [7, 11) is 0. The summed E-state index contributed by atoms with van der Waals surface area (Å²) in [5.74, 6) is -0.662. The SMILES string of the molecule is O=C(O)c1cc(COc2cc(Cl)c(Br)cc2Cl)ccn1. The highest BCUT2D eigenvalue weighted by molar-refractivity contribution is 9.10. The molecule has 0 amide bonds. The van der Waals surface area contributed by atoms with Crippen molar-refractivity contribution in [3.05, 3.63) is 56.2 Å². The summed E-state index contributed by atoms with van der Waals surface area (Å²) in [6, 6.07) is 6.33. The third-order valence-electron chi connectivity index (χ3n) is 2.41. The van der Waals surface area contributed by atoms with Crippen LogP contribution in [0.5, 0.6) is 5.75 Å². The van der Waals surface area contributed by atoms with Crippen molar-refractivity contribution in [3.8, 4) is 5.75 Å². The second-order valence-corrected chi connectivity index (χ2v) is 5.51. The van der Waals surface area contributed by atoms with Crippen LogP contribution >= 0.6 is 39.1 Å². The number of aromatic carboxylic acids is 1. The van der Waals surface area contributed by atoms with E-state index in [-0.39, 0.29) is 12.3 Å². The highest BCUT2D eigenvalue weighted by atomic mass is 79.9. The van der Waals surface area contributed by atoms with Crippen molar-refractivity contribution in [2.45, 2.75) is 6.61 Å². The van der Waals surface area contributed by atoms with Gasteiger partial charge in [0, 0.05) is 16.7 Å². The van der Waals surface area contributed by atoms with Gasteiger partial charge in [0.05, 0.1) is 10.0 Å². The Morgan fingerprint density at radius 2 is 2.05 bits per heavy atom. The molecule has 0 aliphatic heterocycles. The first-order valence-electron chi connectivity index (χ1n) is 5.43. The first-order chi connectivity index (χ1) is 9.47.